The van der Waals surface area contributed by atoms with Crippen molar-refractivity contribution in [2.75, 3.05) is 0 Å². The molecule has 0 N–H and O–H groups in total. The normalized spacial score (nSPS) is 9.92. The summed E-state index contributed by atoms with van der Waals surface area (Å²) in [5.41, 5.74) is 0.130. The fraction of sp³-hybridized carbons (Fsp3) is 0. The predicted octanol–water partition coefficient (Wildman–Crippen LogP) is -2.59. The molecular weight excluding hydrogens is 213 g/mol. The van der Waals surface area contributed by atoms with E-state index < -0.39 is 5.97 Å². The molecule has 60 valence electrons. The molecule has 0 amide bonds. The second-order valence-electron chi connectivity index (χ2n) is 1.97. The van der Waals surface area contributed by atoms with E-state index in [1.54, 1.807) is 23.6 Å². The van der Waals surface area contributed by atoms with E-state index in [1.165, 1.54) is 11.3 Å². The zero-order valence-electron chi connectivity index (χ0n) is 6.98. The van der Waals surface area contributed by atoms with Gasteiger partial charge in [0.25, 0.3) is 0 Å². The van der Waals surface area contributed by atoms with E-state index in [0.717, 1.165) is 6.08 Å². The number of carbonyl (C=O) groups is 1. The van der Waals surface area contributed by atoms with E-state index in [4.69, 9.17) is 5.26 Å². The molecule has 0 spiro atoms. The van der Waals surface area contributed by atoms with Gasteiger partial charge in [0.1, 0.15) is 6.07 Å². The van der Waals surface area contributed by atoms with Crippen LogP contribution in [0, 0.1) is 11.3 Å². The first-order valence-corrected chi connectivity index (χ1v) is 3.98. The average molecular weight is 217 g/mol. The number of carbonyl (C=O) groups excluding carboxylic acids is 1. The van der Waals surface area contributed by atoms with E-state index in [2.05, 4.69) is 0 Å². The van der Waals surface area contributed by atoms with Gasteiger partial charge in [0.15, 0.2) is 0 Å². The molecule has 0 fully saturated rings. The van der Waals surface area contributed by atoms with Crippen molar-refractivity contribution >= 4 is 22.9 Å². The van der Waals surface area contributed by atoms with Crippen molar-refractivity contribution in [3.63, 3.8) is 0 Å². The Kier molecular flexibility index (Phi) is 6.50. The molecule has 1 rings (SSSR count). The molecule has 0 unspecified atom stereocenters. The van der Waals surface area contributed by atoms with Gasteiger partial charge in [0.2, 0.25) is 0 Å². The summed E-state index contributed by atoms with van der Waals surface area (Å²) >= 11 is 1.32. The summed E-state index contributed by atoms with van der Waals surface area (Å²) < 4.78 is 0. The molecule has 0 aliphatic carbocycles. The van der Waals surface area contributed by atoms with Gasteiger partial charge in [-0.05, 0) is 17.5 Å². The van der Waals surface area contributed by atoms with Crippen LogP contribution in [-0.2, 0) is 4.79 Å². The molecule has 1 heterocycles. The molecule has 0 aromatic carbocycles. The zero-order valence-corrected chi connectivity index (χ0v) is 10.9. The molecule has 3 nitrogen and oxygen atoms in total. The number of hydrogen-bond acceptors (Lipinski definition) is 4. The van der Waals surface area contributed by atoms with Crippen LogP contribution in [0.3, 0.4) is 0 Å². The zero-order chi connectivity index (χ0) is 8.97. The van der Waals surface area contributed by atoms with Gasteiger partial charge in [-0.25, -0.2) is 0 Å². The number of carboxylic acids is 1. The fourth-order valence-corrected chi connectivity index (χ4v) is 1.40. The van der Waals surface area contributed by atoms with Gasteiger partial charge in [0.05, 0.1) is 11.5 Å². The van der Waals surface area contributed by atoms with Crippen LogP contribution in [0.25, 0.3) is 5.57 Å². The predicted molar refractivity (Wildman–Crippen MR) is 42.9 cm³/mol. The number of carboxylic acid groups (broad SMARTS) is 1. The smallest absolute Gasteiger partial charge is 0.545 e. The van der Waals surface area contributed by atoms with Crippen molar-refractivity contribution in [1.82, 2.24) is 0 Å². The Hall–Kier alpha value is 0.0364. The summed E-state index contributed by atoms with van der Waals surface area (Å²) in [6.07, 6.45) is 0.797. The van der Waals surface area contributed by atoms with Crippen molar-refractivity contribution < 1.29 is 61.3 Å². The maximum absolute atomic E-state index is 10.1. The Balaban J connectivity index is 0.00000144. The standard InChI is InChI=1S/C8H5NO2S.K/c9-5-6(4-8(10)11)7-2-1-3-12-7;/h1-4H,(H,10,11);/q;+1/p-1/b6-4+;. The molecule has 1 aromatic rings. The summed E-state index contributed by atoms with van der Waals surface area (Å²) in [5.74, 6) is -1.35. The van der Waals surface area contributed by atoms with Gasteiger partial charge in [-0.3, -0.25) is 0 Å². The summed E-state index contributed by atoms with van der Waals surface area (Å²) in [4.78, 5) is 10.8. The van der Waals surface area contributed by atoms with Crippen LogP contribution in [0.5, 0.6) is 0 Å². The topological polar surface area (TPSA) is 63.9 Å². The van der Waals surface area contributed by atoms with E-state index in [1.807, 2.05) is 0 Å². The Morgan fingerprint density at radius 1 is 1.69 bits per heavy atom. The van der Waals surface area contributed by atoms with Gasteiger partial charge in [0, 0.05) is 4.88 Å². The monoisotopic (exact) mass is 217 g/mol. The van der Waals surface area contributed by atoms with Crippen LogP contribution < -0.4 is 56.5 Å². The van der Waals surface area contributed by atoms with Crippen molar-refractivity contribution in [2.24, 2.45) is 0 Å². The molecule has 0 bridgehead atoms. The third-order valence-electron chi connectivity index (χ3n) is 1.17. The minimum absolute atomic E-state index is 0. The second-order valence-corrected chi connectivity index (χ2v) is 2.91. The molecule has 13 heavy (non-hydrogen) atoms. The average Bonchev–Trinajstić information content (AvgIpc) is 2.51. The third-order valence-corrected chi connectivity index (χ3v) is 2.07. The van der Waals surface area contributed by atoms with Gasteiger partial charge in [-0.2, -0.15) is 5.26 Å². The van der Waals surface area contributed by atoms with Gasteiger partial charge in [-0.15, -0.1) is 11.3 Å². The second kappa shape index (κ2) is 6.48. The van der Waals surface area contributed by atoms with Crippen LogP contribution >= 0.6 is 11.3 Å². The van der Waals surface area contributed by atoms with E-state index in [0.29, 0.717) is 4.88 Å². The van der Waals surface area contributed by atoms with Gasteiger partial charge in [-0.1, -0.05) is 6.07 Å². The third kappa shape index (κ3) is 4.18. The van der Waals surface area contributed by atoms with E-state index in [9.17, 15) is 9.90 Å². The molecule has 0 aliphatic heterocycles. The Labute approximate surface area is 122 Å². The largest absolute Gasteiger partial charge is 1.00 e. The minimum Gasteiger partial charge on any atom is -0.545 e. The summed E-state index contributed by atoms with van der Waals surface area (Å²) in [5, 5.41) is 20.4. The quantitative estimate of drug-likeness (QED) is 0.310. The summed E-state index contributed by atoms with van der Waals surface area (Å²) in [7, 11) is 0. The molecule has 0 saturated carbocycles. The first kappa shape index (κ1) is 13.0. The number of aliphatic carboxylic acids is 1. The molecule has 0 saturated heterocycles. The van der Waals surface area contributed by atoms with Crippen molar-refractivity contribution in [3.8, 4) is 6.07 Å². The number of allylic oxidation sites excluding steroid dienone is 1. The van der Waals surface area contributed by atoms with Crippen molar-refractivity contribution in [2.45, 2.75) is 0 Å². The van der Waals surface area contributed by atoms with Crippen LogP contribution in [0.15, 0.2) is 23.6 Å². The number of hydrogen-bond donors (Lipinski definition) is 0. The van der Waals surface area contributed by atoms with Gasteiger partial charge < -0.3 is 9.90 Å². The van der Waals surface area contributed by atoms with Crippen molar-refractivity contribution in [1.29, 1.82) is 5.26 Å². The maximum atomic E-state index is 10.1. The Bertz CT molecular complexity index is 351. The number of nitrogens with zero attached hydrogens (tertiary/aromatic N) is 1. The Morgan fingerprint density at radius 3 is 2.77 bits per heavy atom. The summed E-state index contributed by atoms with van der Waals surface area (Å²) in [6, 6.07) is 5.22. The maximum Gasteiger partial charge on any atom is 1.00 e. The molecule has 1 aromatic heterocycles. The van der Waals surface area contributed by atoms with E-state index >= 15 is 0 Å². The minimum atomic E-state index is -1.35. The fourth-order valence-electron chi connectivity index (χ4n) is 0.708. The molecular formula is C8H4KNO2S. The van der Waals surface area contributed by atoms with Crippen LogP contribution in [-0.4, -0.2) is 5.97 Å². The van der Waals surface area contributed by atoms with Crippen molar-refractivity contribution in [3.05, 3.63) is 28.5 Å². The first-order valence-electron chi connectivity index (χ1n) is 3.10. The molecule has 0 atom stereocenters. The first-order chi connectivity index (χ1) is 5.74. The number of thiophene rings is 1. The summed E-state index contributed by atoms with van der Waals surface area (Å²) in [6.45, 7) is 0. The van der Waals surface area contributed by atoms with E-state index in [-0.39, 0.29) is 57.0 Å². The Morgan fingerprint density at radius 2 is 2.38 bits per heavy atom. The number of rotatable bonds is 2. The molecule has 5 heteroatoms. The number of nitriles is 1. The van der Waals surface area contributed by atoms with Crippen LogP contribution in [0.4, 0.5) is 0 Å². The van der Waals surface area contributed by atoms with Gasteiger partial charge >= 0.3 is 51.4 Å². The SMILES string of the molecule is N#C/C(=C\C(=O)[O-])c1cccs1.[K+]. The van der Waals surface area contributed by atoms with Crippen LogP contribution in [0.2, 0.25) is 0 Å². The molecule has 0 radical (unpaired) electrons. The molecule has 0 aliphatic rings. The van der Waals surface area contributed by atoms with Crippen LogP contribution in [0.1, 0.15) is 4.88 Å².